The zero-order chi connectivity index (χ0) is 21.4. The fourth-order valence-electron chi connectivity index (χ4n) is 3.81. The van der Waals surface area contributed by atoms with Crippen molar-refractivity contribution < 1.29 is 14.3 Å². The number of ether oxygens (including phenoxy) is 2. The zero-order valence-corrected chi connectivity index (χ0v) is 17.7. The van der Waals surface area contributed by atoms with Gasteiger partial charge in [-0.05, 0) is 30.2 Å². The van der Waals surface area contributed by atoms with E-state index in [1.807, 2.05) is 32.0 Å². The number of hydrogen-bond donors (Lipinski definition) is 0. The molecule has 158 valence electrons. The number of anilines is 1. The van der Waals surface area contributed by atoms with Crippen LogP contribution >= 0.6 is 0 Å². The minimum absolute atomic E-state index is 0.0994. The molecule has 1 aromatic carbocycles. The molecule has 0 atom stereocenters. The molecular weight excluding hydrogens is 384 g/mol. The lowest BCUT2D eigenvalue weighted by molar-refractivity contribution is -0.119. The molecule has 0 unspecified atom stereocenters. The molecule has 1 aliphatic heterocycles. The SMILES string of the molecule is COCCN1C(=O)CCc2cc(Oc3cn4c(C(C)C)ncc4c(=O)n3C)ccc21. The predicted octanol–water partition coefficient (Wildman–Crippen LogP) is 2.87. The molecule has 0 bridgehead atoms. The second-order valence-electron chi connectivity index (χ2n) is 7.79. The van der Waals surface area contributed by atoms with Crippen LogP contribution < -0.4 is 15.2 Å². The largest absolute Gasteiger partial charge is 0.439 e. The normalized spacial score (nSPS) is 13.9. The highest BCUT2D eigenvalue weighted by Crippen LogP contribution is 2.32. The van der Waals surface area contributed by atoms with E-state index in [2.05, 4.69) is 4.98 Å². The van der Waals surface area contributed by atoms with Crippen LogP contribution in [-0.2, 0) is 23.0 Å². The number of rotatable bonds is 6. The van der Waals surface area contributed by atoms with Gasteiger partial charge in [0.1, 0.15) is 17.1 Å². The van der Waals surface area contributed by atoms with Gasteiger partial charge in [0.15, 0.2) is 0 Å². The lowest BCUT2D eigenvalue weighted by Gasteiger charge is -2.29. The highest BCUT2D eigenvalue weighted by molar-refractivity contribution is 5.96. The van der Waals surface area contributed by atoms with Gasteiger partial charge in [-0.1, -0.05) is 13.8 Å². The van der Waals surface area contributed by atoms with Gasteiger partial charge in [-0.25, -0.2) is 4.98 Å². The van der Waals surface area contributed by atoms with E-state index in [0.717, 1.165) is 17.1 Å². The van der Waals surface area contributed by atoms with E-state index in [1.54, 1.807) is 35.9 Å². The van der Waals surface area contributed by atoms with Crippen molar-refractivity contribution in [3.63, 3.8) is 0 Å². The fraction of sp³-hybridized carbons (Fsp3) is 0.409. The van der Waals surface area contributed by atoms with Crippen LogP contribution in [0.1, 0.15) is 37.6 Å². The third-order valence-electron chi connectivity index (χ3n) is 5.43. The molecule has 8 nitrogen and oxygen atoms in total. The summed E-state index contributed by atoms with van der Waals surface area (Å²) in [6.07, 6.45) is 4.52. The van der Waals surface area contributed by atoms with Crippen molar-refractivity contribution in [2.45, 2.75) is 32.6 Å². The molecule has 0 saturated heterocycles. The Morgan fingerprint density at radius 1 is 1.20 bits per heavy atom. The molecule has 3 aromatic rings. The van der Waals surface area contributed by atoms with Crippen molar-refractivity contribution in [3.05, 3.63) is 52.3 Å². The third kappa shape index (κ3) is 3.47. The zero-order valence-electron chi connectivity index (χ0n) is 17.7. The van der Waals surface area contributed by atoms with Crippen molar-refractivity contribution in [2.24, 2.45) is 7.05 Å². The van der Waals surface area contributed by atoms with Gasteiger partial charge < -0.3 is 14.4 Å². The molecule has 0 radical (unpaired) electrons. The van der Waals surface area contributed by atoms with E-state index >= 15 is 0 Å². The number of aryl methyl sites for hydroxylation is 1. The second kappa shape index (κ2) is 7.95. The van der Waals surface area contributed by atoms with Crippen LogP contribution in [0.15, 0.2) is 35.4 Å². The highest BCUT2D eigenvalue weighted by Gasteiger charge is 2.24. The quantitative estimate of drug-likeness (QED) is 0.624. The van der Waals surface area contributed by atoms with Crippen LogP contribution in [-0.4, -0.2) is 40.1 Å². The van der Waals surface area contributed by atoms with E-state index in [0.29, 0.717) is 43.1 Å². The van der Waals surface area contributed by atoms with Gasteiger partial charge in [-0.2, -0.15) is 0 Å². The summed E-state index contributed by atoms with van der Waals surface area (Å²) in [5.41, 5.74) is 2.28. The van der Waals surface area contributed by atoms with Gasteiger partial charge in [-0.15, -0.1) is 0 Å². The summed E-state index contributed by atoms with van der Waals surface area (Å²) in [5, 5.41) is 0. The van der Waals surface area contributed by atoms with Gasteiger partial charge in [0.25, 0.3) is 5.56 Å². The first-order valence-electron chi connectivity index (χ1n) is 10.1. The number of carbonyl (C=O) groups excluding carboxylic acids is 1. The molecule has 0 spiro atoms. The number of carbonyl (C=O) groups is 1. The first kappa shape index (κ1) is 20.2. The van der Waals surface area contributed by atoms with Crippen LogP contribution in [0.3, 0.4) is 0 Å². The maximum absolute atomic E-state index is 12.8. The minimum Gasteiger partial charge on any atom is -0.439 e. The van der Waals surface area contributed by atoms with Gasteiger partial charge in [0.2, 0.25) is 11.8 Å². The fourth-order valence-corrected chi connectivity index (χ4v) is 3.81. The molecule has 0 saturated carbocycles. The highest BCUT2D eigenvalue weighted by atomic mass is 16.5. The van der Waals surface area contributed by atoms with E-state index in [9.17, 15) is 9.59 Å². The molecule has 1 aliphatic rings. The Hall–Kier alpha value is -3.13. The number of aromatic nitrogens is 3. The van der Waals surface area contributed by atoms with Gasteiger partial charge in [-0.3, -0.25) is 18.6 Å². The summed E-state index contributed by atoms with van der Waals surface area (Å²) in [6.45, 7) is 5.07. The Morgan fingerprint density at radius 3 is 2.73 bits per heavy atom. The van der Waals surface area contributed by atoms with Crippen LogP contribution in [0.4, 0.5) is 5.69 Å². The van der Waals surface area contributed by atoms with E-state index in [1.165, 1.54) is 4.57 Å². The summed E-state index contributed by atoms with van der Waals surface area (Å²) >= 11 is 0. The monoisotopic (exact) mass is 410 g/mol. The van der Waals surface area contributed by atoms with E-state index in [4.69, 9.17) is 9.47 Å². The Kier molecular flexibility index (Phi) is 5.34. The number of benzene rings is 1. The number of amides is 1. The second-order valence-corrected chi connectivity index (χ2v) is 7.79. The smallest absolute Gasteiger partial charge is 0.279 e. The molecule has 4 rings (SSSR count). The molecule has 0 N–H and O–H groups in total. The molecule has 3 heterocycles. The lowest BCUT2D eigenvalue weighted by atomic mass is 10.0. The van der Waals surface area contributed by atoms with E-state index in [-0.39, 0.29) is 17.4 Å². The van der Waals surface area contributed by atoms with Crippen molar-refractivity contribution in [3.8, 4) is 11.6 Å². The van der Waals surface area contributed by atoms with Crippen LogP contribution in [0, 0.1) is 0 Å². The van der Waals surface area contributed by atoms with Crippen LogP contribution in [0.2, 0.25) is 0 Å². The first-order valence-corrected chi connectivity index (χ1v) is 10.1. The summed E-state index contributed by atoms with van der Waals surface area (Å²) in [5.74, 6) is 2.13. The molecule has 2 aromatic heterocycles. The first-order chi connectivity index (χ1) is 14.4. The number of methoxy groups -OCH3 is 1. The summed E-state index contributed by atoms with van der Waals surface area (Å²) in [6, 6.07) is 5.65. The Morgan fingerprint density at radius 2 is 2.00 bits per heavy atom. The molecule has 0 aliphatic carbocycles. The maximum atomic E-state index is 12.8. The van der Waals surface area contributed by atoms with Crippen molar-refractivity contribution >= 4 is 17.1 Å². The predicted molar refractivity (Wildman–Crippen MR) is 114 cm³/mol. The average molecular weight is 410 g/mol. The van der Waals surface area contributed by atoms with Crippen LogP contribution in [0.25, 0.3) is 5.52 Å². The standard InChI is InChI=1S/C22H26N4O4/c1-14(2)21-23-12-18-22(28)24(3)20(13-26(18)21)30-16-6-7-17-15(11-16)5-8-19(27)25(17)9-10-29-4/h6-7,11-14H,5,8-10H2,1-4H3. The molecule has 1 amide bonds. The molecule has 30 heavy (non-hydrogen) atoms. The van der Waals surface area contributed by atoms with Gasteiger partial charge in [0, 0.05) is 38.7 Å². The summed E-state index contributed by atoms with van der Waals surface area (Å²) < 4.78 is 14.5. The number of fused-ring (bicyclic) bond motifs is 2. The molecular formula is C22H26N4O4. The Balaban J connectivity index is 1.69. The summed E-state index contributed by atoms with van der Waals surface area (Å²) in [7, 11) is 3.31. The number of nitrogens with zero attached hydrogens (tertiary/aromatic N) is 4. The van der Waals surface area contributed by atoms with Gasteiger partial charge in [0.05, 0.1) is 19.0 Å². The summed E-state index contributed by atoms with van der Waals surface area (Å²) in [4.78, 5) is 31.2. The number of imidazole rings is 1. The maximum Gasteiger partial charge on any atom is 0.279 e. The average Bonchev–Trinajstić information content (AvgIpc) is 3.15. The molecule has 0 fully saturated rings. The minimum atomic E-state index is -0.166. The Bertz CT molecular complexity index is 1160. The third-order valence-corrected chi connectivity index (χ3v) is 5.43. The Labute approximate surface area is 174 Å². The van der Waals surface area contributed by atoms with Crippen molar-refractivity contribution in [1.29, 1.82) is 0 Å². The molecule has 8 heteroatoms. The van der Waals surface area contributed by atoms with E-state index < -0.39 is 0 Å². The van der Waals surface area contributed by atoms with Crippen LogP contribution in [0.5, 0.6) is 11.6 Å². The lowest BCUT2D eigenvalue weighted by Crippen LogP contribution is -2.37. The van der Waals surface area contributed by atoms with Crippen molar-refractivity contribution in [1.82, 2.24) is 14.0 Å². The van der Waals surface area contributed by atoms with Crippen molar-refractivity contribution in [2.75, 3.05) is 25.2 Å². The number of hydrogen-bond acceptors (Lipinski definition) is 5. The topological polar surface area (TPSA) is 78.1 Å². The van der Waals surface area contributed by atoms with Gasteiger partial charge >= 0.3 is 0 Å².